The van der Waals surface area contributed by atoms with Crippen molar-refractivity contribution >= 4 is 22.9 Å². The fourth-order valence-electron chi connectivity index (χ4n) is 1.68. The summed E-state index contributed by atoms with van der Waals surface area (Å²) in [5.74, 6) is 0. The van der Waals surface area contributed by atoms with Gasteiger partial charge in [0.25, 0.3) is 0 Å². The molecule has 0 spiro atoms. The van der Waals surface area contributed by atoms with Gasteiger partial charge in [0.15, 0.2) is 0 Å². The third kappa shape index (κ3) is 2.15. The van der Waals surface area contributed by atoms with E-state index in [4.69, 9.17) is 11.6 Å². The average molecular weight is 273 g/mol. The lowest BCUT2D eigenvalue weighted by Crippen LogP contribution is -1.82. The smallest absolute Gasteiger partial charge is 0.139 e. The first-order valence-electron chi connectivity index (χ1n) is 5.46. The highest BCUT2D eigenvalue weighted by molar-refractivity contribution is 7.13. The lowest BCUT2D eigenvalue weighted by atomic mass is 10.2. The molecule has 4 heteroatoms. The molecular weight excluding hydrogens is 264 g/mol. The quantitative estimate of drug-likeness (QED) is 0.641. The molecule has 0 N–H and O–H groups in total. The molecule has 88 valence electrons. The van der Waals surface area contributed by atoms with E-state index < -0.39 is 0 Å². The van der Waals surface area contributed by atoms with Crippen molar-refractivity contribution < 1.29 is 0 Å². The average Bonchev–Trinajstić information content (AvgIpc) is 2.90. The van der Waals surface area contributed by atoms with E-state index in [1.807, 2.05) is 47.8 Å². The molecule has 1 aromatic carbocycles. The Labute approximate surface area is 114 Å². The Balaban J connectivity index is 2.03. The van der Waals surface area contributed by atoms with Gasteiger partial charge in [0.05, 0.1) is 5.69 Å². The van der Waals surface area contributed by atoms with Gasteiger partial charge in [-0.3, -0.25) is 0 Å². The third-order valence-corrected chi connectivity index (χ3v) is 3.74. The van der Waals surface area contributed by atoms with Crippen molar-refractivity contribution in [1.29, 1.82) is 0 Å². The molecule has 2 heterocycles. The van der Waals surface area contributed by atoms with Gasteiger partial charge in [0.1, 0.15) is 10.2 Å². The van der Waals surface area contributed by atoms with Crippen LogP contribution in [0.3, 0.4) is 0 Å². The van der Waals surface area contributed by atoms with Gasteiger partial charge in [0, 0.05) is 22.7 Å². The maximum atomic E-state index is 6.07. The summed E-state index contributed by atoms with van der Waals surface area (Å²) in [6.07, 6.45) is 1.68. The van der Waals surface area contributed by atoms with Crippen LogP contribution in [0.5, 0.6) is 0 Å². The molecular formula is C14H9ClN2S. The second-order valence-electron chi connectivity index (χ2n) is 3.75. The van der Waals surface area contributed by atoms with Crippen molar-refractivity contribution in [3.05, 3.63) is 59.2 Å². The van der Waals surface area contributed by atoms with E-state index in [2.05, 4.69) is 9.97 Å². The van der Waals surface area contributed by atoms with E-state index in [9.17, 15) is 0 Å². The Morgan fingerprint density at radius 1 is 1.00 bits per heavy atom. The van der Waals surface area contributed by atoms with Crippen molar-refractivity contribution in [3.8, 4) is 21.8 Å². The van der Waals surface area contributed by atoms with Crippen molar-refractivity contribution in [2.24, 2.45) is 0 Å². The highest BCUT2D eigenvalue weighted by atomic mass is 35.5. The molecule has 0 radical (unpaired) electrons. The molecule has 2 nitrogen and oxygen atoms in total. The highest BCUT2D eigenvalue weighted by Crippen LogP contribution is 2.31. The van der Waals surface area contributed by atoms with E-state index in [0.717, 1.165) is 21.8 Å². The lowest BCUT2D eigenvalue weighted by molar-refractivity contribution is 1.31. The fraction of sp³-hybridized carbons (Fsp3) is 0. The van der Waals surface area contributed by atoms with Crippen LogP contribution in [0.2, 0.25) is 5.15 Å². The first-order chi connectivity index (χ1) is 8.84. The van der Waals surface area contributed by atoms with E-state index in [0.29, 0.717) is 5.15 Å². The Morgan fingerprint density at radius 2 is 1.83 bits per heavy atom. The summed E-state index contributed by atoms with van der Waals surface area (Å²) in [4.78, 5) is 8.68. The number of benzene rings is 1. The molecule has 3 aromatic rings. The molecule has 2 aromatic heterocycles. The van der Waals surface area contributed by atoms with Crippen LogP contribution < -0.4 is 0 Å². The summed E-state index contributed by atoms with van der Waals surface area (Å²) >= 11 is 7.65. The minimum atomic E-state index is 0.492. The van der Waals surface area contributed by atoms with Gasteiger partial charge >= 0.3 is 0 Å². The van der Waals surface area contributed by atoms with Gasteiger partial charge in [-0.15, -0.1) is 11.3 Å². The van der Waals surface area contributed by atoms with E-state index >= 15 is 0 Å². The number of thiazole rings is 1. The lowest BCUT2D eigenvalue weighted by Gasteiger charge is -1.98. The molecule has 0 amide bonds. The Morgan fingerprint density at radius 3 is 2.61 bits per heavy atom. The maximum absolute atomic E-state index is 6.07. The summed E-state index contributed by atoms with van der Waals surface area (Å²) in [5, 5.41) is 3.42. The number of rotatable bonds is 2. The standard InChI is InChI=1S/C14H9ClN2S/c15-13-11(7-4-8-16-13)14-17-12(9-18-14)10-5-2-1-3-6-10/h1-9H. The Kier molecular flexibility index (Phi) is 3.09. The highest BCUT2D eigenvalue weighted by Gasteiger charge is 2.09. The SMILES string of the molecule is Clc1ncccc1-c1nc(-c2ccccc2)cs1. The molecule has 0 saturated heterocycles. The predicted molar refractivity (Wildman–Crippen MR) is 75.8 cm³/mol. The molecule has 0 fully saturated rings. The topological polar surface area (TPSA) is 25.8 Å². The normalized spacial score (nSPS) is 10.5. The van der Waals surface area contributed by atoms with Gasteiger partial charge in [0.2, 0.25) is 0 Å². The van der Waals surface area contributed by atoms with Gasteiger partial charge in [-0.25, -0.2) is 9.97 Å². The summed E-state index contributed by atoms with van der Waals surface area (Å²) in [6.45, 7) is 0. The molecule has 0 aliphatic rings. The van der Waals surface area contributed by atoms with Gasteiger partial charge in [-0.1, -0.05) is 41.9 Å². The summed E-state index contributed by atoms with van der Waals surface area (Å²) in [6, 6.07) is 13.9. The van der Waals surface area contributed by atoms with Gasteiger partial charge in [-0.05, 0) is 12.1 Å². The molecule has 0 atom stereocenters. The van der Waals surface area contributed by atoms with Gasteiger partial charge < -0.3 is 0 Å². The van der Waals surface area contributed by atoms with Crippen molar-refractivity contribution in [1.82, 2.24) is 9.97 Å². The van der Waals surface area contributed by atoms with Crippen LogP contribution in [0.15, 0.2) is 54.0 Å². The van der Waals surface area contributed by atoms with Crippen LogP contribution in [0.1, 0.15) is 0 Å². The van der Waals surface area contributed by atoms with Crippen LogP contribution in [-0.4, -0.2) is 9.97 Å². The van der Waals surface area contributed by atoms with Crippen LogP contribution in [0, 0.1) is 0 Å². The summed E-state index contributed by atoms with van der Waals surface area (Å²) in [7, 11) is 0. The van der Waals surface area contributed by atoms with Crippen molar-refractivity contribution in [2.45, 2.75) is 0 Å². The molecule has 0 aliphatic heterocycles. The summed E-state index contributed by atoms with van der Waals surface area (Å²) < 4.78 is 0. The number of aromatic nitrogens is 2. The number of hydrogen-bond donors (Lipinski definition) is 0. The zero-order valence-corrected chi connectivity index (χ0v) is 10.9. The Bertz CT molecular complexity index is 664. The number of pyridine rings is 1. The maximum Gasteiger partial charge on any atom is 0.139 e. The number of nitrogens with zero attached hydrogens (tertiary/aromatic N) is 2. The second kappa shape index (κ2) is 4.88. The second-order valence-corrected chi connectivity index (χ2v) is 4.96. The van der Waals surface area contributed by atoms with E-state index in [-0.39, 0.29) is 0 Å². The van der Waals surface area contributed by atoms with Crippen LogP contribution >= 0.6 is 22.9 Å². The minimum Gasteiger partial charge on any atom is -0.244 e. The third-order valence-electron chi connectivity index (χ3n) is 2.56. The van der Waals surface area contributed by atoms with Crippen molar-refractivity contribution in [2.75, 3.05) is 0 Å². The fourth-order valence-corrected chi connectivity index (χ4v) is 2.80. The van der Waals surface area contributed by atoms with Crippen LogP contribution in [0.25, 0.3) is 21.8 Å². The molecule has 3 rings (SSSR count). The van der Waals surface area contributed by atoms with Gasteiger partial charge in [-0.2, -0.15) is 0 Å². The zero-order chi connectivity index (χ0) is 12.4. The minimum absolute atomic E-state index is 0.492. The van der Waals surface area contributed by atoms with E-state index in [1.165, 1.54) is 0 Å². The molecule has 0 aliphatic carbocycles. The molecule has 0 saturated carbocycles. The Hall–Kier alpha value is -1.71. The first kappa shape index (κ1) is 11.4. The summed E-state index contributed by atoms with van der Waals surface area (Å²) in [5.41, 5.74) is 2.96. The molecule has 0 unspecified atom stereocenters. The zero-order valence-electron chi connectivity index (χ0n) is 9.38. The molecule has 18 heavy (non-hydrogen) atoms. The monoisotopic (exact) mass is 272 g/mol. The van der Waals surface area contributed by atoms with E-state index in [1.54, 1.807) is 17.5 Å². The first-order valence-corrected chi connectivity index (χ1v) is 6.72. The largest absolute Gasteiger partial charge is 0.244 e. The van der Waals surface area contributed by atoms with Crippen LogP contribution in [-0.2, 0) is 0 Å². The number of hydrogen-bond acceptors (Lipinski definition) is 3. The van der Waals surface area contributed by atoms with Crippen molar-refractivity contribution in [3.63, 3.8) is 0 Å². The predicted octanol–water partition coefficient (Wildman–Crippen LogP) is 4.53. The molecule has 0 bridgehead atoms. The number of halogens is 1. The van der Waals surface area contributed by atoms with Crippen LogP contribution in [0.4, 0.5) is 0 Å².